The molecule has 1 aromatic carbocycles. The Balaban J connectivity index is 1.95. The molecular formula is C14H16N2O2. The maximum absolute atomic E-state index is 10.6. The molecule has 0 radical (unpaired) electrons. The van der Waals surface area contributed by atoms with E-state index in [0.29, 0.717) is 12.3 Å². The van der Waals surface area contributed by atoms with Gasteiger partial charge in [0.2, 0.25) is 0 Å². The van der Waals surface area contributed by atoms with E-state index in [4.69, 9.17) is 5.11 Å². The SMILES string of the molecule is Cn1c(C2CC2)nc2ccc(CCC(=O)O)cc21. The van der Waals surface area contributed by atoms with Crippen LogP contribution < -0.4 is 0 Å². The van der Waals surface area contributed by atoms with Gasteiger partial charge in [0, 0.05) is 19.4 Å². The monoisotopic (exact) mass is 244 g/mol. The lowest BCUT2D eigenvalue weighted by Crippen LogP contribution is -1.98. The summed E-state index contributed by atoms with van der Waals surface area (Å²) in [7, 11) is 2.05. The first kappa shape index (κ1) is 11.3. The molecule has 4 heteroatoms. The molecule has 0 saturated heterocycles. The zero-order valence-electron chi connectivity index (χ0n) is 10.4. The Morgan fingerprint density at radius 3 is 2.94 bits per heavy atom. The lowest BCUT2D eigenvalue weighted by Gasteiger charge is -2.02. The maximum Gasteiger partial charge on any atom is 0.303 e. The minimum absolute atomic E-state index is 0.179. The summed E-state index contributed by atoms with van der Waals surface area (Å²) in [5.41, 5.74) is 3.19. The molecule has 94 valence electrons. The van der Waals surface area contributed by atoms with E-state index in [-0.39, 0.29) is 6.42 Å². The van der Waals surface area contributed by atoms with Crippen LogP contribution in [-0.4, -0.2) is 20.6 Å². The minimum atomic E-state index is -0.751. The predicted octanol–water partition coefficient (Wildman–Crippen LogP) is 2.47. The van der Waals surface area contributed by atoms with Crippen LogP contribution in [0, 0.1) is 0 Å². The molecule has 0 amide bonds. The van der Waals surface area contributed by atoms with Crippen molar-refractivity contribution >= 4 is 17.0 Å². The van der Waals surface area contributed by atoms with Crippen molar-refractivity contribution < 1.29 is 9.90 Å². The highest BCUT2D eigenvalue weighted by Crippen LogP contribution is 2.40. The second-order valence-electron chi connectivity index (χ2n) is 5.02. The Bertz CT molecular complexity index is 612. The van der Waals surface area contributed by atoms with Crippen molar-refractivity contribution in [3.05, 3.63) is 29.6 Å². The highest BCUT2D eigenvalue weighted by atomic mass is 16.4. The van der Waals surface area contributed by atoms with Gasteiger partial charge in [0.25, 0.3) is 0 Å². The summed E-state index contributed by atoms with van der Waals surface area (Å²) in [6.07, 6.45) is 3.24. The van der Waals surface area contributed by atoms with E-state index < -0.39 is 5.97 Å². The molecular weight excluding hydrogens is 228 g/mol. The summed E-state index contributed by atoms with van der Waals surface area (Å²) in [4.78, 5) is 15.2. The normalized spacial score (nSPS) is 15.2. The molecule has 0 atom stereocenters. The molecule has 1 aromatic heterocycles. The zero-order chi connectivity index (χ0) is 12.7. The van der Waals surface area contributed by atoms with Crippen LogP contribution in [0.15, 0.2) is 18.2 Å². The predicted molar refractivity (Wildman–Crippen MR) is 68.6 cm³/mol. The molecule has 1 aliphatic rings. The van der Waals surface area contributed by atoms with Crippen molar-refractivity contribution in [2.24, 2.45) is 7.05 Å². The average Bonchev–Trinajstić information content (AvgIpc) is 3.13. The molecule has 1 saturated carbocycles. The van der Waals surface area contributed by atoms with Crippen molar-refractivity contribution in [3.8, 4) is 0 Å². The van der Waals surface area contributed by atoms with Gasteiger partial charge in [-0.1, -0.05) is 6.07 Å². The number of aliphatic carboxylic acids is 1. The summed E-state index contributed by atoms with van der Waals surface area (Å²) >= 11 is 0. The third kappa shape index (κ3) is 1.98. The van der Waals surface area contributed by atoms with Gasteiger partial charge in [0.15, 0.2) is 0 Å². The number of aromatic nitrogens is 2. The summed E-state index contributed by atoms with van der Waals surface area (Å²) in [6, 6.07) is 6.05. The summed E-state index contributed by atoms with van der Waals surface area (Å²) in [5.74, 6) is 1.05. The highest BCUT2D eigenvalue weighted by Gasteiger charge is 2.28. The fraction of sp³-hybridized carbons (Fsp3) is 0.429. The van der Waals surface area contributed by atoms with Crippen molar-refractivity contribution in [2.45, 2.75) is 31.6 Å². The second kappa shape index (κ2) is 4.12. The number of benzene rings is 1. The smallest absolute Gasteiger partial charge is 0.303 e. The van der Waals surface area contributed by atoms with Crippen molar-refractivity contribution in [2.75, 3.05) is 0 Å². The molecule has 3 rings (SSSR count). The van der Waals surface area contributed by atoms with Crippen LogP contribution in [0.5, 0.6) is 0 Å². The van der Waals surface area contributed by atoms with Gasteiger partial charge in [-0.05, 0) is 37.0 Å². The number of carboxylic acids is 1. The Kier molecular flexibility index (Phi) is 2.58. The maximum atomic E-state index is 10.6. The molecule has 0 spiro atoms. The highest BCUT2D eigenvalue weighted by molar-refractivity contribution is 5.77. The molecule has 0 bridgehead atoms. The van der Waals surface area contributed by atoms with Gasteiger partial charge in [-0.15, -0.1) is 0 Å². The van der Waals surface area contributed by atoms with Crippen molar-refractivity contribution in [1.29, 1.82) is 0 Å². The number of carboxylic acid groups (broad SMARTS) is 1. The largest absolute Gasteiger partial charge is 0.481 e. The van der Waals surface area contributed by atoms with E-state index in [0.717, 1.165) is 16.6 Å². The summed E-state index contributed by atoms with van der Waals surface area (Å²) in [5, 5.41) is 8.71. The Morgan fingerprint density at radius 1 is 1.50 bits per heavy atom. The first-order valence-corrected chi connectivity index (χ1v) is 6.32. The molecule has 1 fully saturated rings. The first-order chi connectivity index (χ1) is 8.65. The van der Waals surface area contributed by atoms with Crippen LogP contribution >= 0.6 is 0 Å². The fourth-order valence-electron chi connectivity index (χ4n) is 2.37. The summed E-state index contributed by atoms with van der Waals surface area (Å²) in [6.45, 7) is 0. The van der Waals surface area contributed by atoms with Crippen LogP contribution in [0.25, 0.3) is 11.0 Å². The van der Waals surface area contributed by atoms with Crippen molar-refractivity contribution in [3.63, 3.8) is 0 Å². The Labute approximate surface area is 105 Å². The first-order valence-electron chi connectivity index (χ1n) is 6.32. The molecule has 0 aliphatic heterocycles. The summed E-state index contributed by atoms with van der Waals surface area (Å²) < 4.78 is 2.15. The quantitative estimate of drug-likeness (QED) is 0.898. The van der Waals surface area contributed by atoms with Crippen LogP contribution in [0.1, 0.15) is 36.6 Å². The number of nitrogens with zero attached hydrogens (tertiary/aromatic N) is 2. The van der Waals surface area contributed by atoms with Crippen molar-refractivity contribution in [1.82, 2.24) is 9.55 Å². The molecule has 1 heterocycles. The number of hydrogen-bond acceptors (Lipinski definition) is 2. The van der Waals surface area contributed by atoms with E-state index in [1.807, 2.05) is 19.2 Å². The van der Waals surface area contributed by atoms with E-state index >= 15 is 0 Å². The number of fused-ring (bicyclic) bond motifs is 1. The molecule has 2 aromatic rings. The number of aryl methyl sites for hydroxylation is 2. The van der Waals surface area contributed by atoms with Gasteiger partial charge in [0.1, 0.15) is 5.82 Å². The van der Waals surface area contributed by atoms with E-state index in [9.17, 15) is 4.79 Å². The van der Waals surface area contributed by atoms with E-state index in [1.54, 1.807) is 0 Å². The zero-order valence-corrected chi connectivity index (χ0v) is 10.4. The number of rotatable bonds is 4. The van der Waals surface area contributed by atoms with Crippen LogP contribution in [0.2, 0.25) is 0 Å². The van der Waals surface area contributed by atoms with Gasteiger partial charge in [-0.25, -0.2) is 4.98 Å². The van der Waals surface area contributed by atoms with Crippen LogP contribution in [0.3, 0.4) is 0 Å². The van der Waals surface area contributed by atoms with E-state index in [1.165, 1.54) is 18.7 Å². The standard InChI is InChI=1S/C14H16N2O2/c1-16-12-8-9(3-7-13(17)18)2-6-11(12)15-14(16)10-4-5-10/h2,6,8,10H,3-5,7H2,1H3,(H,17,18). The molecule has 1 N–H and O–H groups in total. The molecule has 1 aliphatic carbocycles. The van der Waals surface area contributed by atoms with Gasteiger partial charge >= 0.3 is 5.97 Å². The van der Waals surface area contributed by atoms with Gasteiger partial charge in [-0.3, -0.25) is 4.79 Å². The Hall–Kier alpha value is -1.84. The third-order valence-corrected chi connectivity index (χ3v) is 3.55. The van der Waals surface area contributed by atoms with Gasteiger partial charge < -0.3 is 9.67 Å². The molecule has 18 heavy (non-hydrogen) atoms. The number of carbonyl (C=O) groups is 1. The lowest BCUT2D eigenvalue weighted by molar-refractivity contribution is -0.136. The Morgan fingerprint density at radius 2 is 2.28 bits per heavy atom. The van der Waals surface area contributed by atoms with Gasteiger partial charge in [-0.2, -0.15) is 0 Å². The fourth-order valence-corrected chi connectivity index (χ4v) is 2.37. The third-order valence-electron chi connectivity index (χ3n) is 3.55. The average molecular weight is 244 g/mol. The lowest BCUT2D eigenvalue weighted by atomic mass is 10.1. The number of hydrogen-bond donors (Lipinski definition) is 1. The molecule has 4 nitrogen and oxygen atoms in total. The van der Waals surface area contributed by atoms with Crippen LogP contribution in [-0.2, 0) is 18.3 Å². The van der Waals surface area contributed by atoms with E-state index in [2.05, 4.69) is 15.6 Å². The topological polar surface area (TPSA) is 55.1 Å². The molecule has 0 unspecified atom stereocenters. The minimum Gasteiger partial charge on any atom is -0.481 e. The number of imidazole rings is 1. The second-order valence-corrected chi connectivity index (χ2v) is 5.02. The van der Waals surface area contributed by atoms with Crippen LogP contribution in [0.4, 0.5) is 0 Å². The van der Waals surface area contributed by atoms with Gasteiger partial charge in [0.05, 0.1) is 11.0 Å².